The summed E-state index contributed by atoms with van der Waals surface area (Å²) in [5.41, 5.74) is 3.73. The lowest BCUT2D eigenvalue weighted by molar-refractivity contribution is 0.00550. The molecule has 2 aliphatic rings. The number of benzene rings is 2. The van der Waals surface area contributed by atoms with Crippen molar-refractivity contribution < 1.29 is 9.84 Å². The molecule has 0 unspecified atom stereocenters. The lowest BCUT2D eigenvalue weighted by Gasteiger charge is -2.40. The molecule has 1 aliphatic heterocycles. The number of para-hydroxylation sites is 1. The molecule has 1 heterocycles. The van der Waals surface area contributed by atoms with Crippen molar-refractivity contribution in [2.45, 2.75) is 43.7 Å². The van der Waals surface area contributed by atoms with Gasteiger partial charge in [0.2, 0.25) is 0 Å². The van der Waals surface area contributed by atoms with E-state index in [1.54, 1.807) is 0 Å². The van der Waals surface area contributed by atoms with E-state index in [1.807, 2.05) is 18.2 Å². The van der Waals surface area contributed by atoms with E-state index in [0.29, 0.717) is 6.61 Å². The predicted octanol–water partition coefficient (Wildman–Crippen LogP) is 3.43. The molecule has 0 amide bonds. The number of piperidine rings is 1. The number of fused-ring (bicyclic) bond motifs is 2. The van der Waals surface area contributed by atoms with Crippen molar-refractivity contribution >= 4 is 0 Å². The molecule has 0 bridgehead atoms. The van der Waals surface area contributed by atoms with Gasteiger partial charge in [0.05, 0.1) is 18.8 Å². The molecule has 0 saturated carbocycles. The molecule has 2 aromatic carbocycles. The van der Waals surface area contributed by atoms with Gasteiger partial charge in [0.1, 0.15) is 5.75 Å². The van der Waals surface area contributed by atoms with Crippen molar-refractivity contribution in [2.75, 3.05) is 33.3 Å². The van der Waals surface area contributed by atoms with Gasteiger partial charge in [0.15, 0.2) is 0 Å². The van der Waals surface area contributed by atoms with E-state index in [1.165, 1.54) is 16.7 Å². The van der Waals surface area contributed by atoms with Crippen LogP contribution in [0.25, 0.3) is 0 Å². The molecule has 4 heteroatoms. The third kappa shape index (κ3) is 3.45. The van der Waals surface area contributed by atoms with Crippen molar-refractivity contribution in [3.8, 4) is 5.75 Å². The summed E-state index contributed by atoms with van der Waals surface area (Å²) in [6.45, 7) is 5.62. The quantitative estimate of drug-likeness (QED) is 0.754. The normalized spacial score (nSPS) is 23.1. The van der Waals surface area contributed by atoms with Crippen LogP contribution in [-0.2, 0) is 5.41 Å². The van der Waals surface area contributed by atoms with Gasteiger partial charge in [-0.25, -0.2) is 0 Å². The fourth-order valence-electron chi connectivity index (χ4n) is 5.11. The molecule has 2 N–H and O–H groups in total. The highest BCUT2D eigenvalue weighted by Gasteiger charge is 2.52. The van der Waals surface area contributed by atoms with Crippen molar-refractivity contribution in [1.82, 2.24) is 10.2 Å². The van der Waals surface area contributed by atoms with E-state index in [2.05, 4.69) is 54.5 Å². The first kappa shape index (κ1) is 19.4. The summed E-state index contributed by atoms with van der Waals surface area (Å²) in [6, 6.07) is 16.9. The standard InChI is InChI=1S/C24H32N2O2/c1-18-8-3-6-11-21(18)28-17-7-16-26(2)22-19-9-4-5-10-20(19)24(23(22)27)12-14-25-15-13-24/h3-6,8-11,22-23,25,27H,7,12-17H2,1-2H3/t22-,23+/m0/s1. The smallest absolute Gasteiger partial charge is 0.122 e. The van der Waals surface area contributed by atoms with Crippen LogP contribution in [-0.4, -0.2) is 49.4 Å². The van der Waals surface area contributed by atoms with Crippen molar-refractivity contribution in [3.63, 3.8) is 0 Å². The van der Waals surface area contributed by atoms with Gasteiger partial charge in [-0.3, -0.25) is 4.90 Å². The topological polar surface area (TPSA) is 44.7 Å². The Morgan fingerprint density at radius 2 is 1.82 bits per heavy atom. The lowest BCUT2D eigenvalue weighted by atomic mass is 9.72. The van der Waals surface area contributed by atoms with Gasteiger partial charge < -0.3 is 15.2 Å². The number of likely N-dealkylation sites (N-methyl/N-ethyl adjacent to an activating group) is 1. The van der Waals surface area contributed by atoms with E-state index >= 15 is 0 Å². The third-order valence-electron chi connectivity index (χ3n) is 6.66. The Labute approximate surface area is 168 Å². The Hall–Kier alpha value is -1.88. The van der Waals surface area contributed by atoms with Crippen LogP contribution in [0.1, 0.15) is 42.0 Å². The highest BCUT2D eigenvalue weighted by Crippen LogP contribution is 2.51. The maximum Gasteiger partial charge on any atom is 0.122 e. The molecule has 2 aromatic rings. The molecular weight excluding hydrogens is 348 g/mol. The number of nitrogens with zero attached hydrogens (tertiary/aromatic N) is 1. The second-order valence-corrected chi connectivity index (χ2v) is 8.33. The van der Waals surface area contributed by atoms with Crippen molar-refractivity contribution in [3.05, 3.63) is 65.2 Å². The Morgan fingerprint density at radius 3 is 2.61 bits per heavy atom. The second kappa shape index (κ2) is 8.24. The summed E-state index contributed by atoms with van der Waals surface area (Å²) < 4.78 is 5.96. The van der Waals surface area contributed by atoms with Gasteiger partial charge in [-0.05, 0) is 69.1 Å². The number of hydrogen-bond acceptors (Lipinski definition) is 4. The molecule has 1 fully saturated rings. The minimum atomic E-state index is -0.353. The van der Waals surface area contributed by atoms with Crippen LogP contribution in [0.15, 0.2) is 48.5 Å². The molecule has 2 atom stereocenters. The van der Waals surface area contributed by atoms with Crippen LogP contribution in [0, 0.1) is 6.92 Å². The zero-order valence-corrected chi connectivity index (χ0v) is 17.0. The molecule has 4 rings (SSSR count). The second-order valence-electron chi connectivity index (χ2n) is 8.33. The van der Waals surface area contributed by atoms with Crippen LogP contribution in [0.2, 0.25) is 0 Å². The van der Waals surface area contributed by atoms with Gasteiger partial charge >= 0.3 is 0 Å². The van der Waals surface area contributed by atoms with Gasteiger partial charge in [0, 0.05) is 12.0 Å². The number of hydrogen-bond donors (Lipinski definition) is 2. The van der Waals surface area contributed by atoms with Crippen LogP contribution >= 0.6 is 0 Å². The molecule has 0 aromatic heterocycles. The minimum Gasteiger partial charge on any atom is -0.493 e. The van der Waals surface area contributed by atoms with E-state index in [4.69, 9.17) is 4.74 Å². The maximum atomic E-state index is 11.4. The van der Waals surface area contributed by atoms with E-state index in [0.717, 1.165) is 44.6 Å². The molecule has 1 aliphatic carbocycles. The summed E-state index contributed by atoms with van der Waals surface area (Å²) >= 11 is 0. The summed E-state index contributed by atoms with van der Waals surface area (Å²) in [7, 11) is 2.14. The Morgan fingerprint density at radius 1 is 1.11 bits per heavy atom. The van der Waals surface area contributed by atoms with Crippen molar-refractivity contribution in [1.29, 1.82) is 0 Å². The zero-order valence-electron chi connectivity index (χ0n) is 17.0. The first-order chi connectivity index (χ1) is 13.6. The fraction of sp³-hybridized carbons (Fsp3) is 0.500. The highest BCUT2D eigenvalue weighted by atomic mass is 16.5. The van der Waals surface area contributed by atoms with Crippen LogP contribution in [0.4, 0.5) is 0 Å². The predicted molar refractivity (Wildman–Crippen MR) is 113 cm³/mol. The summed E-state index contributed by atoms with van der Waals surface area (Å²) in [4.78, 5) is 2.32. The molecule has 4 nitrogen and oxygen atoms in total. The Kier molecular flexibility index (Phi) is 5.72. The number of ether oxygens (including phenoxy) is 1. The van der Waals surface area contributed by atoms with Crippen LogP contribution in [0.3, 0.4) is 0 Å². The largest absolute Gasteiger partial charge is 0.493 e. The van der Waals surface area contributed by atoms with Gasteiger partial charge in [-0.2, -0.15) is 0 Å². The van der Waals surface area contributed by atoms with E-state index < -0.39 is 0 Å². The van der Waals surface area contributed by atoms with Crippen LogP contribution in [0.5, 0.6) is 5.75 Å². The first-order valence-electron chi connectivity index (χ1n) is 10.5. The third-order valence-corrected chi connectivity index (χ3v) is 6.66. The molecule has 1 saturated heterocycles. The number of nitrogens with one attached hydrogen (secondary N) is 1. The molecule has 1 spiro atoms. The Balaban J connectivity index is 1.42. The van der Waals surface area contributed by atoms with Crippen molar-refractivity contribution in [2.24, 2.45) is 0 Å². The fourth-order valence-corrected chi connectivity index (χ4v) is 5.11. The lowest BCUT2D eigenvalue weighted by Crippen LogP contribution is -2.48. The van der Waals surface area contributed by atoms with Crippen LogP contribution < -0.4 is 10.1 Å². The molecular formula is C24H32N2O2. The SMILES string of the molecule is Cc1ccccc1OCCCN(C)[C@H]1c2ccccc2C2(CCNCC2)[C@@H]1O. The number of aliphatic hydroxyl groups is 1. The minimum absolute atomic E-state index is 0.0627. The van der Waals surface area contributed by atoms with Gasteiger partial charge in [-0.1, -0.05) is 42.5 Å². The Bertz CT molecular complexity index is 801. The zero-order chi connectivity index (χ0) is 19.6. The van der Waals surface area contributed by atoms with E-state index in [-0.39, 0.29) is 17.6 Å². The average Bonchev–Trinajstić information content (AvgIpc) is 2.95. The highest BCUT2D eigenvalue weighted by molar-refractivity contribution is 5.45. The van der Waals surface area contributed by atoms with Gasteiger partial charge in [0.25, 0.3) is 0 Å². The maximum absolute atomic E-state index is 11.4. The average molecular weight is 381 g/mol. The first-order valence-corrected chi connectivity index (χ1v) is 10.5. The molecule has 0 radical (unpaired) electrons. The molecule has 28 heavy (non-hydrogen) atoms. The summed E-state index contributed by atoms with van der Waals surface area (Å²) in [5.74, 6) is 0.963. The molecule has 150 valence electrons. The number of aryl methyl sites for hydroxylation is 1. The summed E-state index contributed by atoms with van der Waals surface area (Å²) in [6.07, 6.45) is 2.59. The monoisotopic (exact) mass is 380 g/mol. The number of aliphatic hydroxyl groups excluding tert-OH is 1. The van der Waals surface area contributed by atoms with Gasteiger partial charge in [-0.15, -0.1) is 0 Å². The summed E-state index contributed by atoms with van der Waals surface area (Å²) in [5, 5.41) is 14.9. The number of rotatable bonds is 6. The van der Waals surface area contributed by atoms with E-state index in [9.17, 15) is 5.11 Å².